The van der Waals surface area contributed by atoms with Crippen LogP contribution in [0, 0.1) is 49.4 Å². The Morgan fingerprint density at radius 3 is 2.12 bits per heavy atom. The third-order valence-electron chi connectivity index (χ3n) is 12.6. The van der Waals surface area contributed by atoms with Crippen LogP contribution in [0.5, 0.6) is 0 Å². The second kappa shape index (κ2) is 15.3. The molecule has 0 saturated carbocycles. The molecule has 0 atom stereocenters. The first kappa shape index (κ1) is 30.4. The summed E-state index contributed by atoms with van der Waals surface area (Å²) in [6, 6.07) is 41.5. The van der Waals surface area contributed by atoms with Crippen LogP contribution in [0.15, 0.2) is 126 Å². The van der Waals surface area contributed by atoms with Gasteiger partial charge in [0.15, 0.2) is 0 Å². The summed E-state index contributed by atoms with van der Waals surface area (Å²) in [6.07, 6.45) is 2.71. The Bertz CT molecular complexity index is 3200. The standard InChI is InChI=1S/C41H37N2O.C12H10N.Ir/c1-24-18-33-27-12-9-10-15-34(27)39(3,4)41(7,8)40(5,6)35(33)20-31(24)32-21-36(43-23-25(32)2)30-14-11-13-29-28-17-16-26(22-42)19-37(28)44-38(29)30;1-10-7-8-12(13-9-10)11-5-3-2-4-6-11;/h9-13,15-21,23H,1-8H3;2-5,7-9H,1H3;/q2*-1;/i1D3,2D3;1D3;. The van der Waals surface area contributed by atoms with E-state index in [1.165, 1.54) is 12.4 Å². The molecule has 0 saturated heterocycles. The average Bonchev–Trinajstić information content (AvgIpc) is 3.64. The van der Waals surface area contributed by atoms with Gasteiger partial charge < -0.3 is 14.4 Å². The molecule has 58 heavy (non-hydrogen) atoms. The Labute approximate surface area is 369 Å². The molecule has 0 aliphatic heterocycles. The van der Waals surface area contributed by atoms with Crippen LogP contribution in [0.3, 0.4) is 0 Å². The molecule has 3 heterocycles. The van der Waals surface area contributed by atoms with Crippen molar-refractivity contribution in [3.05, 3.63) is 167 Å². The van der Waals surface area contributed by atoms with Gasteiger partial charge in [-0.15, -0.1) is 54.1 Å². The van der Waals surface area contributed by atoms with Gasteiger partial charge in [-0.1, -0.05) is 107 Å². The maximum absolute atomic E-state index is 9.45. The first-order valence-corrected chi connectivity index (χ1v) is 18.9. The van der Waals surface area contributed by atoms with Gasteiger partial charge in [-0.05, 0) is 116 Å². The maximum Gasteiger partial charge on any atom is 0.122 e. The van der Waals surface area contributed by atoms with Gasteiger partial charge in [-0.25, -0.2) is 0 Å². The molecule has 1 aliphatic rings. The number of hydrogen-bond acceptors (Lipinski definition) is 4. The van der Waals surface area contributed by atoms with Crippen molar-refractivity contribution in [1.82, 2.24) is 9.97 Å². The van der Waals surface area contributed by atoms with Crippen molar-refractivity contribution in [2.45, 2.75) is 72.9 Å². The fourth-order valence-corrected chi connectivity index (χ4v) is 8.20. The minimum atomic E-state index is -2.59. The van der Waals surface area contributed by atoms with Crippen molar-refractivity contribution in [3.8, 4) is 50.8 Å². The van der Waals surface area contributed by atoms with E-state index in [9.17, 15) is 5.26 Å². The minimum absolute atomic E-state index is 0. The molecule has 0 bridgehead atoms. The number of fused-ring (bicyclic) bond motifs is 6. The molecule has 1 radical (unpaired) electrons. The second-order valence-corrected chi connectivity index (χ2v) is 16.2. The van der Waals surface area contributed by atoms with Gasteiger partial charge in [-0.3, -0.25) is 0 Å². The molecule has 0 N–H and O–H groups in total. The molecular weight excluding hydrogens is 887 g/mol. The Morgan fingerprint density at radius 1 is 0.638 bits per heavy atom. The van der Waals surface area contributed by atoms with Crippen LogP contribution in [0.4, 0.5) is 0 Å². The van der Waals surface area contributed by atoms with Crippen molar-refractivity contribution in [3.63, 3.8) is 0 Å². The van der Waals surface area contributed by atoms with Gasteiger partial charge in [0.2, 0.25) is 0 Å². The molecule has 4 nitrogen and oxygen atoms in total. The first-order chi connectivity index (χ1) is 30.9. The monoisotopic (exact) mass is 943 g/mol. The zero-order valence-corrected chi connectivity index (χ0v) is 35.5. The van der Waals surface area contributed by atoms with Crippen LogP contribution in [0.25, 0.3) is 66.7 Å². The fourth-order valence-electron chi connectivity index (χ4n) is 8.20. The van der Waals surface area contributed by atoms with Crippen LogP contribution < -0.4 is 0 Å². The first-order valence-electron chi connectivity index (χ1n) is 23.4. The van der Waals surface area contributed by atoms with E-state index in [2.05, 4.69) is 81.8 Å². The number of nitriles is 1. The summed E-state index contributed by atoms with van der Waals surface area (Å²) in [4.78, 5) is 8.73. The summed E-state index contributed by atoms with van der Waals surface area (Å²) < 4.78 is 79.8. The van der Waals surface area contributed by atoms with Crippen molar-refractivity contribution >= 4 is 21.9 Å². The molecule has 0 spiro atoms. The smallest absolute Gasteiger partial charge is 0.122 e. The molecule has 291 valence electrons. The summed E-state index contributed by atoms with van der Waals surface area (Å²) in [6.45, 7) is 6.10. The number of rotatable bonds is 3. The summed E-state index contributed by atoms with van der Waals surface area (Å²) in [5, 5.41) is 11.1. The molecule has 0 unspecified atom stereocenters. The molecule has 1 aliphatic carbocycles. The van der Waals surface area contributed by atoms with Crippen LogP contribution in [0.2, 0.25) is 0 Å². The van der Waals surface area contributed by atoms with Crippen LogP contribution in [0.1, 0.15) is 87.3 Å². The molecule has 5 aromatic carbocycles. The predicted octanol–water partition coefficient (Wildman–Crippen LogP) is 13.7. The number of benzene rings is 5. The van der Waals surface area contributed by atoms with Gasteiger partial charge in [0.05, 0.1) is 17.2 Å². The Morgan fingerprint density at radius 2 is 1.40 bits per heavy atom. The Balaban J connectivity index is 0.000000331. The van der Waals surface area contributed by atoms with E-state index < -0.39 is 26.0 Å². The summed E-state index contributed by atoms with van der Waals surface area (Å²) >= 11 is 0. The molecule has 8 aromatic rings. The number of aryl methyl sites for hydroxylation is 3. The Kier molecular flexibility index (Phi) is 8.00. The molecular formula is C53H47IrN3O-2. The molecule has 9 rings (SSSR count). The number of furan rings is 1. The molecule has 5 heteroatoms. The molecule has 0 amide bonds. The summed E-state index contributed by atoms with van der Waals surface area (Å²) in [7, 11) is 0. The maximum atomic E-state index is 9.45. The van der Waals surface area contributed by atoms with E-state index in [4.69, 9.17) is 16.8 Å². The second-order valence-electron chi connectivity index (χ2n) is 16.2. The van der Waals surface area contributed by atoms with Crippen molar-refractivity contribution in [1.29, 1.82) is 5.26 Å². The number of pyridine rings is 2. The largest absolute Gasteiger partial charge is 0.501 e. The Hall–Kier alpha value is -5.66. The van der Waals surface area contributed by atoms with Crippen molar-refractivity contribution in [2.75, 3.05) is 0 Å². The average molecular weight is 943 g/mol. The van der Waals surface area contributed by atoms with E-state index >= 15 is 0 Å². The third kappa shape index (κ3) is 6.69. The number of hydrogen-bond donors (Lipinski definition) is 0. The predicted molar refractivity (Wildman–Crippen MR) is 234 cm³/mol. The molecule has 3 aromatic heterocycles. The zero-order chi connectivity index (χ0) is 47.8. The fraction of sp³-hybridized carbons (Fsp3) is 0.226. The van der Waals surface area contributed by atoms with E-state index in [1.54, 1.807) is 48.5 Å². The summed E-state index contributed by atoms with van der Waals surface area (Å²) in [5.41, 5.74) is 7.58. The van der Waals surface area contributed by atoms with Crippen LogP contribution in [-0.2, 0) is 30.9 Å². The van der Waals surface area contributed by atoms with Crippen LogP contribution >= 0.6 is 0 Å². The van der Waals surface area contributed by atoms with E-state index in [0.717, 1.165) is 44.3 Å². The van der Waals surface area contributed by atoms with E-state index in [1.807, 2.05) is 48.5 Å². The van der Waals surface area contributed by atoms with Crippen molar-refractivity contribution in [2.24, 2.45) is 5.41 Å². The van der Waals surface area contributed by atoms with Gasteiger partial charge in [0.1, 0.15) is 5.58 Å². The number of nitrogens with zero attached hydrogens (tertiary/aromatic N) is 3. The topological polar surface area (TPSA) is 62.7 Å². The van der Waals surface area contributed by atoms with Gasteiger partial charge in [0.25, 0.3) is 0 Å². The van der Waals surface area contributed by atoms with Gasteiger partial charge in [0, 0.05) is 50.2 Å². The summed E-state index contributed by atoms with van der Waals surface area (Å²) in [5.74, 6) is 0. The normalized spacial score (nSPS) is 17.5. The SMILES string of the molecule is [2H]C([2H])([2H])c1ccc(-c2[c-]cccc2)nc1.[2H]C([2H])([2H])c1cnc(-c2[c-]ccc3c2oc2cc(C#N)ccc23)cc1-c1cc2c(cc1C([2H])([2H])[2H])-c1ccccc1C(C)(C)C(C)(C)C2(C)C.[Ir]. The van der Waals surface area contributed by atoms with E-state index in [-0.39, 0.29) is 53.2 Å². The van der Waals surface area contributed by atoms with Gasteiger partial charge >= 0.3 is 0 Å². The van der Waals surface area contributed by atoms with Crippen molar-refractivity contribution < 1.29 is 36.9 Å². The van der Waals surface area contributed by atoms with E-state index in [0.29, 0.717) is 33.6 Å². The molecule has 0 fully saturated rings. The number of aromatic nitrogens is 2. The third-order valence-corrected chi connectivity index (χ3v) is 12.6. The quantitative estimate of drug-likeness (QED) is 0.166. The van der Waals surface area contributed by atoms with Crippen LogP contribution in [-0.4, -0.2) is 9.97 Å². The zero-order valence-electron chi connectivity index (χ0n) is 42.1. The minimum Gasteiger partial charge on any atom is -0.501 e. The van der Waals surface area contributed by atoms with Gasteiger partial charge in [-0.2, -0.15) is 5.26 Å².